The average Bonchev–Trinajstić information content (AvgIpc) is 2.74. The zero-order valence-electron chi connectivity index (χ0n) is 17.7. The van der Waals surface area contributed by atoms with Gasteiger partial charge in [-0.15, -0.1) is 0 Å². The minimum Gasteiger partial charge on any atom is -0.478 e. The maximum atomic E-state index is 11.8. The molecule has 178 valence electrons. The number of hydrogen-bond donors (Lipinski definition) is 4. The first-order valence-corrected chi connectivity index (χ1v) is 9.85. The summed E-state index contributed by atoms with van der Waals surface area (Å²) < 4.78 is 4.91. The lowest BCUT2D eigenvalue weighted by atomic mass is 10.1. The van der Waals surface area contributed by atoms with Crippen molar-refractivity contribution in [1.29, 1.82) is 0 Å². The van der Waals surface area contributed by atoms with E-state index in [4.69, 9.17) is 14.9 Å². The predicted molar refractivity (Wildman–Crippen MR) is 114 cm³/mol. The molecule has 0 radical (unpaired) electrons. The van der Waals surface area contributed by atoms with Gasteiger partial charge in [-0.25, -0.2) is 14.4 Å². The first kappa shape index (κ1) is 27.0. The highest BCUT2D eigenvalue weighted by Gasteiger charge is 2.13. The van der Waals surface area contributed by atoms with Gasteiger partial charge in [0.05, 0.1) is 6.26 Å². The summed E-state index contributed by atoms with van der Waals surface area (Å²) in [5.41, 5.74) is 0.588. The highest BCUT2D eigenvalue weighted by atomic mass is 16.5. The van der Waals surface area contributed by atoms with E-state index in [9.17, 15) is 28.8 Å². The minimum atomic E-state index is -1.25. The summed E-state index contributed by atoms with van der Waals surface area (Å²) in [6.07, 6.45) is 7.06. The van der Waals surface area contributed by atoms with E-state index < -0.39 is 29.7 Å². The molecule has 0 aliphatic carbocycles. The number of allylic oxidation sites excluding steroid dienone is 1. The second kappa shape index (κ2) is 14.9. The molecule has 12 heteroatoms. The largest absolute Gasteiger partial charge is 0.478 e. The number of nitrogens with zero attached hydrogens (tertiary/aromatic N) is 1. The van der Waals surface area contributed by atoms with Gasteiger partial charge in [-0.05, 0) is 18.1 Å². The Labute approximate surface area is 189 Å². The van der Waals surface area contributed by atoms with Gasteiger partial charge in [0.1, 0.15) is 0 Å². The number of ether oxygens (including phenoxy) is 1. The maximum absolute atomic E-state index is 11.8. The molecule has 1 rings (SSSR count). The van der Waals surface area contributed by atoms with E-state index in [1.165, 1.54) is 6.26 Å². The Hall–Kier alpha value is -4.06. The van der Waals surface area contributed by atoms with E-state index in [0.29, 0.717) is 43.8 Å². The number of ketones is 1. The summed E-state index contributed by atoms with van der Waals surface area (Å²) in [6.45, 7) is 1.39. The van der Waals surface area contributed by atoms with Crippen molar-refractivity contribution in [1.82, 2.24) is 15.5 Å². The summed E-state index contributed by atoms with van der Waals surface area (Å²) in [4.78, 5) is 69.2. The van der Waals surface area contributed by atoms with Gasteiger partial charge < -0.3 is 25.6 Å². The number of esters is 1. The molecule has 1 aliphatic rings. The van der Waals surface area contributed by atoms with Crippen LogP contribution >= 0.6 is 0 Å². The van der Waals surface area contributed by atoms with E-state index in [0.717, 1.165) is 24.3 Å². The van der Waals surface area contributed by atoms with E-state index >= 15 is 0 Å². The molecule has 12 nitrogen and oxygen atoms in total. The van der Waals surface area contributed by atoms with Crippen molar-refractivity contribution >= 4 is 35.5 Å². The topological polar surface area (TPSA) is 179 Å². The number of aliphatic carboxylic acids is 2. The highest BCUT2D eigenvalue weighted by molar-refractivity contribution is 5.97. The first-order chi connectivity index (χ1) is 15.7. The zero-order valence-corrected chi connectivity index (χ0v) is 17.7. The van der Waals surface area contributed by atoms with Crippen molar-refractivity contribution in [2.75, 3.05) is 32.7 Å². The molecule has 0 aromatic rings. The van der Waals surface area contributed by atoms with Crippen molar-refractivity contribution in [2.24, 2.45) is 0 Å². The number of nitrogens with one attached hydrogen (secondary N) is 2. The molecule has 1 heterocycles. The van der Waals surface area contributed by atoms with Crippen molar-refractivity contribution in [3.8, 4) is 0 Å². The third kappa shape index (κ3) is 13.8. The number of carboxylic acid groups (broad SMARTS) is 2. The molecule has 4 N–H and O–H groups in total. The predicted octanol–water partition coefficient (Wildman–Crippen LogP) is -0.851. The van der Waals surface area contributed by atoms with E-state index in [1.807, 2.05) is 4.90 Å². The van der Waals surface area contributed by atoms with Crippen LogP contribution in [0.3, 0.4) is 0 Å². The SMILES string of the molecule is O=C(O)/C=C\C(=O)NCCN(CCNC(=O)/C=C\C(=O)O)CCC1=COC(=O)C=CC(=O)C1. The second-order valence-electron chi connectivity index (χ2n) is 6.71. The van der Waals surface area contributed by atoms with Crippen LogP contribution in [0.5, 0.6) is 0 Å². The van der Waals surface area contributed by atoms with Crippen LogP contribution in [0.25, 0.3) is 0 Å². The Balaban J connectivity index is 2.64. The minimum absolute atomic E-state index is 0.0745. The molecule has 0 aromatic heterocycles. The third-order valence-corrected chi connectivity index (χ3v) is 4.11. The van der Waals surface area contributed by atoms with Crippen LogP contribution < -0.4 is 10.6 Å². The van der Waals surface area contributed by atoms with Crippen LogP contribution in [0.4, 0.5) is 0 Å². The molecule has 0 bridgehead atoms. The fourth-order valence-corrected chi connectivity index (χ4v) is 2.54. The van der Waals surface area contributed by atoms with Crippen molar-refractivity contribution in [2.45, 2.75) is 12.8 Å². The van der Waals surface area contributed by atoms with Gasteiger partial charge in [0.25, 0.3) is 0 Å². The molecule has 0 unspecified atom stereocenters. The third-order valence-electron chi connectivity index (χ3n) is 4.11. The van der Waals surface area contributed by atoms with Crippen molar-refractivity contribution in [3.63, 3.8) is 0 Å². The zero-order chi connectivity index (χ0) is 24.6. The van der Waals surface area contributed by atoms with Gasteiger partial charge in [0.15, 0.2) is 5.78 Å². The molecule has 33 heavy (non-hydrogen) atoms. The van der Waals surface area contributed by atoms with Crippen molar-refractivity contribution in [3.05, 3.63) is 48.3 Å². The Morgan fingerprint density at radius 1 is 0.879 bits per heavy atom. The van der Waals surface area contributed by atoms with E-state index in [1.54, 1.807) is 0 Å². The monoisotopic (exact) mass is 463 g/mol. The summed E-state index contributed by atoms with van der Waals surface area (Å²) >= 11 is 0. The number of amides is 2. The number of carbonyl (C=O) groups excluding carboxylic acids is 4. The highest BCUT2D eigenvalue weighted by Crippen LogP contribution is 2.12. The Morgan fingerprint density at radius 3 is 1.94 bits per heavy atom. The first-order valence-electron chi connectivity index (χ1n) is 9.85. The van der Waals surface area contributed by atoms with Gasteiger partial charge >= 0.3 is 17.9 Å². The summed E-state index contributed by atoms with van der Waals surface area (Å²) in [5, 5.41) is 22.1. The van der Waals surface area contributed by atoms with E-state index in [-0.39, 0.29) is 25.3 Å². The number of carboxylic acids is 2. The van der Waals surface area contributed by atoms with Gasteiger partial charge in [-0.1, -0.05) is 0 Å². The Kier molecular flexibility index (Phi) is 12.1. The average molecular weight is 463 g/mol. The van der Waals surface area contributed by atoms with Crippen LogP contribution in [0.2, 0.25) is 0 Å². The van der Waals surface area contributed by atoms with Crippen LogP contribution in [0.1, 0.15) is 12.8 Å². The molecule has 0 saturated carbocycles. The van der Waals surface area contributed by atoms with Crippen LogP contribution in [0, 0.1) is 0 Å². The molecule has 0 aromatic carbocycles. The quantitative estimate of drug-likeness (QED) is 0.198. The number of rotatable bonds is 13. The van der Waals surface area contributed by atoms with Crippen LogP contribution in [0.15, 0.2) is 48.3 Å². The van der Waals surface area contributed by atoms with E-state index in [2.05, 4.69) is 10.6 Å². The second-order valence-corrected chi connectivity index (χ2v) is 6.71. The molecule has 0 fully saturated rings. The maximum Gasteiger partial charge on any atom is 0.335 e. The molecule has 0 spiro atoms. The Bertz CT molecular complexity index is 845. The lowest BCUT2D eigenvalue weighted by Crippen LogP contribution is -2.39. The van der Waals surface area contributed by atoms with Crippen LogP contribution in [-0.2, 0) is 33.5 Å². The lowest BCUT2D eigenvalue weighted by Gasteiger charge is -2.23. The molecule has 2 amide bonds. The standard InChI is InChI=1S/C21H25N3O9/c25-16-1-6-21(32)33-14-15(13-16)7-10-24(11-8-22-17(26)2-4-19(28)29)12-9-23-18(27)3-5-20(30)31/h1-6,14H,7-13H2,(H,22,26)(H,23,27)(H,28,29)(H,30,31)/b4-2-,5-3-,6-1?,15-14?. The van der Waals surface area contributed by atoms with Gasteiger partial charge in [-0.2, -0.15) is 0 Å². The smallest absolute Gasteiger partial charge is 0.335 e. The van der Waals surface area contributed by atoms with Gasteiger partial charge in [-0.3, -0.25) is 19.3 Å². The summed E-state index contributed by atoms with van der Waals surface area (Å²) in [5.74, 6) is -4.59. The molecular formula is C21H25N3O9. The summed E-state index contributed by atoms with van der Waals surface area (Å²) in [7, 11) is 0. The normalized spacial score (nSPS) is 14.0. The molecule has 0 atom stereocenters. The molecule has 1 aliphatic heterocycles. The number of cyclic esters (lactones) is 1. The fraction of sp³-hybridized carbons (Fsp3) is 0.333. The number of carbonyl (C=O) groups is 6. The van der Waals surface area contributed by atoms with Crippen molar-refractivity contribution < 1.29 is 43.7 Å². The molecule has 0 saturated heterocycles. The van der Waals surface area contributed by atoms with Crippen LogP contribution in [-0.4, -0.2) is 83.3 Å². The number of hydrogen-bond acceptors (Lipinski definition) is 8. The fourth-order valence-electron chi connectivity index (χ4n) is 2.54. The summed E-state index contributed by atoms with van der Waals surface area (Å²) in [6, 6.07) is 0. The Morgan fingerprint density at radius 2 is 1.42 bits per heavy atom. The van der Waals surface area contributed by atoms with Gasteiger partial charge in [0.2, 0.25) is 11.8 Å². The van der Waals surface area contributed by atoms with Gasteiger partial charge in [0, 0.05) is 69.5 Å². The molecular weight excluding hydrogens is 438 g/mol. The lowest BCUT2D eigenvalue weighted by molar-refractivity contribution is -0.133.